The molecule has 0 saturated carbocycles. The average Bonchev–Trinajstić information content (AvgIpc) is 2.86. The van der Waals surface area contributed by atoms with Gasteiger partial charge >= 0.3 is 0 Å². The van der Waals surface area contributed by atoms with E-state index >= 15 is 0 Å². The van der Waals surface area contributed by atoms with Crippen molar-refractivity contribution in [2.24, 2.45) is 0 Å². The molecule has 35 heavy (non-hydrogen) atoms. The van der Waals surface area contributed by atoms with Gasteiger partial charge in [-0.3, -0.25) is 9.10 Å². The van der Waals surface area contributed by atoms with Crippen LogP contribution in [0.1, 0.15) is 0 Å². The zero-order valence-electron chi connectivity index (χ0n) is 18.6. The first kappa shape index (κ1) is 24.1. The third-order valence-electron chi connectivity index (χ3n) is 4.99. The Morgan fingerprint density at radius 2 is 1.80 bits per heavy atom. The molecule has 0 aliphatic carbocycles. The molecular weight excluding hydrogens is 475 g/mol. The molecule has 1 aliphatic heterocycles. The molecule has 0 saturated heterocycles. The number of carbonyl (C=O) groups is 1. The number of hydrogen-bond acceptors (Lipinski definition) is 6. The number of sulfonamides is 1. The Morgan fingerprint density at radius 1 is 1.06 bits per heavy atom. The number of benzene rings is 3. The first-order valence-corrected chi connectivity index (χ1v) is 12.1. The average molecular weight is 499 g/mol. The molecule has 0 spiro atoms. The van der Waals surface area contributed by atoms with E-state index < -0.39 is 28.3 Å². The van der Waals surface area contributed by atoms with Crippen molar-refractivity contribution in [3.05, 3.63) is 85.2 Å². The molecule has 3 aromatic rings. The lowest BCUT2D eigenvalue weighted by Crippen LogP contribution is -2.38. The fourth-order valence-electron chi connectivity index (χ4n) is 3.38. The minimum absolute atomic E-state index is 0.0984. The molecule has 0 bridgehead atoms. The number of ether oxygens (including phenoxy) is 3. The van der Waals surface area contributed by atoms with Gasteiger partial charge in [0.05, 0.1) is 10.6 Å². The lowest BCUT2D eigenvalue weighted by molar-refractivity contribution is -0.114. The van der Waals surface area contributed by atoms with Gasteiger partial charge in [0.25, 0.3) is 10.0 Å². The Hall–Kier alpha value is -4.05. The molecule has 0 atom stereocenters. The van der Waals surface area contributed by atoms with Crippen molar-refractivity contribution >= 4 is 27.3 Å². The molecule has 4 rings (SSSR count). The zero-order valence-corrected chi connectivity index (χ0v) is 19.5. The van der Waals surface area contributed by atoms with Crippen LogP contribution in [-0.4, -0.2) is 40.7 Å². The van der Waals surface area contributed by atoms with E-state index in [4.69, 9.17) is 14.2 Å². The number of amides is 1. The van der Waals surface area contributed by atoms with Crippen LogP contribution in [0.15, 0.2) is 84.3 Å². The Bertz CT molecular complexity index is 1330. The second kappa shape index (κ2) is 10.5. The normalized spacial score (nSPS) is 12.5. The van der Waals surface area contributed by atoms with Gasteiger partial charge in [0, 0.05) is 17.8 Å². The third-order valence-corrected chi connectivity index (χ3v) is 6.76. The van der Waals surface area contributed by atoms with Gasteiger partial charge in [0.15, 0.2) is 11.5 Å². The van der Waals surface area contributed by atoms with Gasteiger partial charge in [0.1, 0.15) is 37.9 Å². The Balaban J connectivity index is 1.61. The highest BCUT2D eigenvalue weighted by Gasteiger charge is 2.29. The van der Waals surface area contributed by atoms with Crippen LogP contribution < -0.4 is 23.8 Å². The van der Waals surface area contributed by atoms with Crippen molar-refractivity contribution in [1.29, 1.82) is 0 Å². The molecule has 182 valence electrons. The van der Waals surface area contributed by atoms with Crippen LogP contribution in [0.4, 0.5) is 15.8 Å². The minimum atomic E-state index is -4.23. The number of rotatable bonds is 9. The Kier molecular flexibility index (Phi) is 7.21. The van der Waals surface area contributed by atoms with Crippen molar-refractivity contribution < 1.29 is 31.8 Å². The maximum atomic E-state index is 13.6. The van der Waals surface area contributed by atoms with Crippen molar-refractivity contribution in [2.45, 2.75) is 4.90 Å². The summed E-state index contributed by atoms with van der Waals surface area (Å²) in [7, 11) is -4.23. The van der Waals surface area contributed by atoms with Gasteiger partial charge in [-0.15, -0.1) is 0 Å². The molecule has 0 unspecified atom stereocenters. The Labute approximate surface area is 202 Å². The fourth-order valence-corrected chi connectivity index (χ4v) is 4.82. The summed E-state index contributed by atoms with van der Waals surface area (Å²) in [6, 6.07) is 15.7. The van der Waals surface area contributed by atoms with Crippen LogP contribution in [0.2, 0.25) is 0 Å². The number of halogens is 1. The number of fused-ring (bicyclic) bond motifs is 1. The van der Waals surface area contributed by atoms with Crippen molar-refractivity contribution in [3.63, 3.8) is 0 Å². The second-order valence-electron chi connectivity index (χ2n) is 7.47. The zero-order chi connectivity index (χ0) is 24.8. The molecule has 0 aromatic heterocycles. The standard InChI is InChI=1S/C25H23FN2O6S/c1-2-12-32-21-5-3-4-19(15-21)27-25(29)17-28(20-8-6-18(26)7-9-20)35(30,31)22-10-11-23-24(16-22)34-14-13-33-23/h2-11,15-16H,1,12-14,17H2,(H,27,29). The number of nitrogens with zero attached hydrogens (tertiary/aromatic N) is 1. The van der Waals surface area contributed by atoms with E-state index in [0.717, 1.165) is 16.4 Å². The molecule has 8 nitrogen and oxygen atoms in total. The summed E-state index contributed by atoms with van der Waals surface area (Å²) >= 11 is 0. The number of hydrogen-bond donors (Lipinski definition) is 1. The molecule has 0 radical (unpaired) electrons. The van der Waals surface area contributed by atoms with E-state index in [1.54, 1.807) is 30.3 Å². The highest BCUT2D eigenvalue weighted by molar-refractivity contribution is 7.92. The molecule has 10 heteroatoms. The summed E-state index contributed by atoms with van der Waals surface area (Å²) < 4.78 is 58.1. The summed E-state index contributed by atoms with van der Waals surface area (Å²) in [5.74, 6) is 0.0986. The molecule has 1 N–H and O–H groups in total. The van der Waals surface area contributed by atoms with E-state index in [2.05, 4.69) is 11.9 Å². The summed E-state index contributed by atoms with van der Waals surface area (Å²) in [6.45, 7) is 3.98. The number of anilines is 2. The molecule has 3 aromatic carbocycles. The van der Waals surface area contributed by atoms with E-state index in [-0.39, 0.29) is 22.9 Å². The van der Waals surface area contributed by atoms with Crippen LogP contribution >= 0.6 is 0 Å². The van der Waals surface area contributed by atoms with E-state index in [0.29, 0.717) is 30.4 Å². The first-order chi connectivity index (χ1) is 16.9. The van der Waals surface area contributed by atoms with E-state index in [1.807, 2.05) is 0 Å². The fraction of sp³-hybridized carbons (Fsp3) is 0.160. The molecule has 0 fully saturated rings. The van der Waals surface area contributed by atoms with Crippen molar-refractivity contribution in [3.8, 4) is 17.2 Å². The van der Waals surface area contributed by atoms with Crippen LogP contribution in [-0.2, 0) is 14.8 Å². The lowest BCUT2D eigenvalue weighted by atomic mass is 10.3. The van der Waals surface area contributed by atoms with Crippen molar-refractivity contribution in [1.82, 2.24) is 0 Å². The van der Waals surface area contributed by atoms with Crippen molar-refractivity contribution in [2.75, 3.05) is 36.0 Å². The maximum absolute atomic E-state index is 13.6. The van der Waals surface area contributed by atoms with Crippen LogP contribution in [0.3, 0.4) is 0 Å². The smallest absolute Gasteiger partial charge is 0.264 e. The third kappa shape index (κ3) is 5.72. The first-order valence-electron chi connectivity index (χ1n) is 10.7. The molecule has 1 heterocycles. The van der Waals surface area contributed by atoms with Crippen LogP contribution in [0.25, 0.3) is 0 Å². The largest absolute Gasteiger partial charge is 0.489 e. The molecule has 1 aliphatic rings. The van der Waals surface area contributed by atoms with Crippen LogP contribution in [0.5, 0.6) is 17.2 Å². The highest BCUT2D eigenvalue weighted by atomic mass is 32.2. The molecular formula is C25H23FN2O6S. The van der Waals surface area contributed by atoms with E-state index in [1.165, 1.54) is 30.3 Å². The van der Waals surface area contributed by atoms with Gasteiger partial charge in [-0.2, -0.15) is 0 Å². The van der Waals surface area contributed by atoms with Crippen LogP contribution in [0, 0.1) is 5.82 Å². The van der Waals surface area contributed by atoms with Gasteiger partial charge in [-0.25, -0.2) is 12.8 Å². The summed E-state index contributed by atoms with van der Waals surface area (Å²) in [6.07, 6.45) is 1.59. The Morgan fingerprint density at radius 3 is 2.54 bits per heavy atom. The molecule has 1 amide bonds. The van der Waals surface area contributed by atoms with Gasteiger partial charge in [-0.1, -0.05) is 18.7 Å². The summed E-state index contributed by atoms with van der Waals surface area (Å²) in [5, 5.41) is 2.67. The SMILES string of the molecule is C=CCOc1cccc(NC(=O)CN(c2ccc(F)cc2)S(=O)(=O)c2ccc3c(c2)OCCO3)c1. The topological polar surface area (TPSA) is 94.2 Å². The monoisotopic (exact) mass is 498 g/mol. The number of carbonyl (C=O) groups excluding carboxylic acids is 1. The maximum Gasteiger partial charge on any atom is 0.264 e. The van der Waals surface area contributed by atoms with Gasteiger partial charge < -0.3 is 19.5 Å². The summed E-state index contributed by atoms with van der Waals surface area (Å²) in [5.41, 5.74) is 0.548. The highest BCUT2D eigenvalue weighted by Crippen LogP contribution is 2.34. The predicted molar refractivity (Wildman–Crippen MR) is 129 cm³/mol. The second-order valence-corrected chi connectivity index (χ2v) is 9.33. The van der Waals surface area contributed by atoms with Gasteiger partial charge in [-0.05, 0) is 48.5 Å². The van der Waals surface area contributed by atoms with Gasteiger partial charge in [0.2, 0.25) is 5.91 Å². The quantitative estimate of drug-likeness (QED) is 0.449. The van der Waals surface area contributed by atoms with E-state index in [9.17, 15) is 17.6 Å². The lowest BCUT2D eigenvalue weighted by Gasteiger charge is -2.25. The summed E-state index contributed by atoms with van der Waals surface area (Å²) in [4.78, 5) is 12.8. The number of nitrogens with one attached hydrogen (secondary N) is 1. The minimum Gasteiger partial charge on any atom is -0.489 e. The predicted octanol–water partition coefficient (Wildman–Crippen LogP) is 4.00.